The molecule has 0 aliphatic carbocycles. The summed E-state index contributed by atoms with van der Waals surface area (Å²) in [6.07, 6.45) is 1.89. The standard InChI is InChI=1S/C22H16N4OS3/c1-26-10-17(16-4-2-3-5-18(16)26)19(27)13-30-22-23-20(14-6-8-28-11-14)21(24-25-22)15-7-9-29-12-15/h2-12H,13H2,1H3. The fourth-order valence-corrected chi connectivity index (χ4v) is 5.29. The molecule has 0 atom stereocenters. The number of fused-ring (bicyclic) bond motifs is 1. The summed E-state index contributed by atoms with van der Waals surface area (Å²) in [6.45, 7) is 0. The van der Waals surface area contributed by atoms with Crippen LogP contribution in [-0.2, 0) is 7.05 Å². The van der Waals surface area contributed by atoms with Gasteiger partial charge in [0.05, 0.1) is 5.75 Å². The van der Waals surface area contributed by atoms with Crippen LogP contribution in [0.5, 0.6) is 0 Å². The van der Waals surface area contributed by atoms with Crippen molar-refractivity contribution in [3.05, 3.63) is 69.7 Å². The average molecular weight is 449 g/mol. The van der Waals surface area contributed by atoms with Crippen molar-refractivity contribution in [2.24, 2.45) is 7.05 Å². The van der Waals surface area contributed by atoms with Crippen molar-refractivity contribution in [1.29, 1.82) is 0 Å². The minimum Gasteiger partial charge on any atom is -0.350 e. The Morgan fingerprint density at radius 2 is 1.73 bits per heavy atom. The van der Waals surface area contributed by atoms with Gasteiger partial charge in [0.2, 0.25) is 5.16 Å². The molecule has 0 radical (unpaired) electrons. The first-order valence-corrected chi connectivity index (χ1v) is 12.1. The lowest BCUT2D eigenvalue weighted by Crippen LogP contribution is -2.04. The van der Waals surface area contributed by atoms with E-state index in [1.165, 1.54) is 11.8 Å². The Labute approximate surface area is 185 Å². The van der Waals surface area contributed by atoms with Crippen LogP contribution in [0, 0.1) is 0 Å². The van der Waals surface area contributed by atoms with Gasteiger partial charge in [0.25, 0.3) is 0 Å². The van der Waals surface area contributed by atoms with Gasteiger partial charge < -0.3 is 4.57 Å². The molecule has 0 unspecified atom stereocenters. The summed E-state index contributed by atoms with van der Waals surface area (Å²) in [4.78, 5) is 17.7. The average Bonchev–Trinajstić information content (AvgIpc) is 3.54. The third-order valence-corrected chi connectivity index (χ3v) is 6.99. The Hall–Kier alpha value is -2.81. The Balaban J connectivity index is 1.42. The van der Waals surface area contributed by atoms with Gasteiger partial charge in [0, 0.05) is 51.6 Å². The molecule has 4 aromatic heterocycles. The van der Waals surface area contributed by atoms with E-state index in [4.69, 9.17) is 4.98 Å². The van der Waals surface area contributed by atoms with E-state index in [1.807, 2.05) is 70.4 Å². The number of aryl methyl sites for hydroxylation is 1. The molecule has 0 aliphatic heterocycles. The Bertz CT molecular complexity index is 1320. The van der Waals surface area contributed by atoms with E-state index >= 15 is 0 Å². The zero-order valence-corrected chi connectivity index (χ0v) is 18.4. The van der Waals surface area contributed by atoms with Gasteiger partial charge in [0.15, 0.2) is 5.78 Å². The van der Waals surface area contributed by atoms with E-state index in [0.717, 1.165) is 39.0 Å². The quantitative estimate of drug-likeness (QED) is 0.243. The topological polar surface area (TPSA) is 60.7 Å². The van der Waals surface area contributed by atoms with Gasteiger partial charge in [0.1, 0.15) is 11.4 Å². The minimum absolute atomic E-state index is 0.0550. The summed E-state index contributed by atoms with van der Waals surface area (Å²) in [5.41, 5.74) is 5.34. The summed E-state index contributed by atoms with van der Waals surface area (Å²) < 4.78 is 1.98. The fourth-order valence-electron chi connectivity index (χ4n) is 3.34. The van der Waals surface area contributed by atoms with Crippen LogP contribution in [0.3, 0.4) is 0 Å². The predicted octanol–water partition coefficient (Wildman–Crippen LogP) is 5.80. The second-order valence-electron chi connectivity index (χ2n) is 6.70. The molecule has 0 saturated heterocycles. The number of thiophene rings is 2. The van der Waals surface area contributed by atoms with Crippen molar-refractivity contribution in [1.82, 2.24) is 19.7 Å². The molecule has 8 heteroatoms. The third-order valence-electron chi connectivity index (χ3n) is 4.79. The SMILES string of the molecule is Cn1cc(C(=O)CSc2nnc(-c3ccsc3)c(-c3ccsc3)n2)c2ccccc21. The maximum absolute atomic E-state index is 12.9. The van der Waals surface area contributed by atoms with Gasteiger partial charge in [-0.3, -0.25) is 4.79 Å². The predicted molar refractivity (Wildman–Crippen MR) is 124 cm³/mol. The third kappa shape index (κ3) is 3.58. The lowest BCUT2D eigenvalue weighted by atomic mass is 10.1. The Kier molecular flexibility index (Phi) is 5.20. The molecule has 0 amide bonds. The Morgan fingerprint density at radius 3 is 2.47 bits per heavy atom. The van der Waals surface area contributed by atoms with Gasteiger partial charge in [-0.2, -0.15) is 22.7 Å². The van der Waals surface area contributed by atoms with Crippen molar-refractivity contribution in [2.75, 3.05) is 5.75 Å². The highest BCUT2D eigenvalue weighted by Crippen LogP contribution is 2.32. The normalized spacial score (nSPS) is 11.2. The molecule has 0 spiro atoms. The van der Waals surface area contributed by atoms with E-state index < -0.39 is 0 Å². The van der Waals surface area contributed by atoms with Crippen molar-refractivity contribution in [2.45, 2.75) is 5.16 Å². The maximum Gasteiger partial charge on any atom is 0.210 e. The summed E-state index contributed by atoms with van der Waals surface area (Å²) in [5, 5.41) is 18.3. The zero-order chi connectivity index (χ0) is 20.5. The van der Waals surface area contributed by atoms with Crippen LogP contribution in [0.1, 0.15) is 10.4 Å². The number of para-hydroxylation sites is 1. The lowest BCUT2D eigenvalue weighted by molar-refractivity contribution is 0.102. The number of aromatic nitrogens is 4. The number of Topliss-reactive ketones (excluding diaryl/α,β-unsaturated/α-hetero) is 1. The number of rotatable bonds is 6. The smallest absolute Gasteiger partial charge is 0.210 e. The molecule has 1 aromatic carbocycles. The second kappa shape index (κ2) is 8.14. The number of benzene rings is 1. The second-order valence-corrected chi connectivity index (χ2v) is 9.20. The molecule has 5 aromatic rings. The number of thioether (sulfide) groups is 1. The minimum atomic E-state index is 0.0550. The molecule has 0 bridgehead atoms. The molecule has 5 rings (SSSR count). The van der Waals surface area contributed by atoms with Crippen molar-refractivity contribution in [3.8, 4) is 22.5 Å². The number of nitrogens with zero attached hydrogens (tertiary/aromatic N) is 4. The molecule has 5 nitrogen and oxygen atoms in total. The molecule has 0 saturated carbocycles. The zero-order valence-electron chi connectivity index (χ0n) is 16.0. The number of hydrogen-bond donors (Lipinski definition) is 0. The summed E-state index contributed by atoms with van der Waals surface area (Å²) in [7, 11) is 1.95. The van der Waals surface area contributed by atoms with E-state index in [2.05, 4.69) is 15.6 Å². The number of hydrogen-bond acceptors (Lipinski definition) is 7. The van der Waals surface area contributed by atoms with E-state index in [0.29, 0.717) is 5.16 Å². The van der Waals surface area contributed by atoms with Crippen LogP contribution in [-0.4, -0.2) is 31.3 Å². The van der Waals surface area contributed by atoms with Gasteiger partial charge in [-0.1, -0.05) is 30.0 Å². The summed E-state index contributed by atoms with van der Waals surface area (Å²) in [5.74, 6) is 0.315. The Morgan fingerprint density at radius 1 is 1.00 bits per heavy atom. The molecule has 4 heterocycles. The fraction of sp³-hybridized carbons (Fsp3) is 0.0909. The van der Waals surface area contributed by atoms with Gasteiger partial charge >= 0.3 is 0 Å². The molecule has 30 heavy (non-hydrogen) atoms. The highest BCUT2D eigenvalue weighted by atomic mass is 32.2. The summed E-state index contributed by atoms with van der Waals surface area (Å²) >= 11 is 4.55. The molecule has 0 N–H and O–H groups in total. The van der Waals surface area contributed by atoms with Crippen LogP contribution in [0.2, 0.25) is 0 Å². The number of carbonyl (C=O) groups is 1. The monoisotopic (exact) mass is 448 g/mol. The first-order chi connectivity index (χ1) is 14.7. The van der Waals surface area contributed by atoms with E-state index in [9.17, 15) is 4.79 Å². The summed E-state index contributed by atoms with van der Waals surface area (Å²) in [6, 6.07) is 12.0. The maximum atomic E-state index is 12.9. The van der Waals surface area contributed by atoms with Crippen molar-refractivity contribution < 1.29 is 4.79 Å². The van der Waals surface area contributed by atoms with Crippen molar-refractivity contribution in [3.63, 3.8) is 0 Å². The number of carbonyl (C=O) groups excluding carboxylic acids is 1. The van der Waals surface area contributed by atoms with Gasteiger partial charge in [-0.05, 0) is 29.0 Å². The van der Waals surface area contributed by atoms with Crippen LogP contribution in [0.15, 0.2) is 69.3 Å². The highest BCUT2D eigenvalue weighted by Gasteiger charge is 2.17. The van der Waals surface area contributed by atoms with Gasteiger partial charge in [-0.15, -0.1) is 10.2 Å². The first kappa shape index (κ1) is 19.2. The largest absolute Gasteiger partial charge is 0.350 e. The van der Waals surface area contributed by atoms with Crippen molar-refractivity contribution >= 4 is 51.1 Å². The molecule has 0 fully saturated rings. The van der Waals surface area contributed by atoms with Crippen LogP contribution >= 0.6 is 34.4 Å². The molecular weight excluding hydrogens is 432 g/mol. The molecule has 0 aliphatic rings. The van der Waals surface area contributed by atoms with Gasteiger partial charge in [-0.25, -0.2) is 4.98 Å². The van der Waals surface area contributed by atoms with E-state index in [-0.39, 0.29) is 11.5 Å². The molecule has 148 valence electrons. The molecular formula is C22H16N4OS3. The highest BCUT2D eigenvalue weighted by molar-refractivity contribution is 7.99. The van der Waals surface area contributed by atoms with Crippen LogP contribution < -0.4 is 0 Å². The lowest BCUT2D eigenvalue weighted by Gasteiger charge is -2.06. The van der Waals surface area contributed by atoms with Crippen LogP contribution in [0.4, 0.5) is 0 Å². The first-order valence-electron chi connectivity index (χ1n) is 9.20. The van der Waals surface area contributed by atoms with Crippen LogP contribution in [0.25, 0.3) is 33.4 Å². The number of ketones is 1. The van der Waals surface area contributed by atoms with E-state index in [1.54, 1.807) is 22.7 Å².